The third-order valence-corrected chi connectivity index (χ3v) is 6.42. The normalized spacial score (nSPS) is 12.0. The summed E-state index contributed by atoms with van der Waals surface area (Å²) in [6.45, 7) is 4.40. The summed E-state index contributed by atoms with van der Waals surface area (Å²) in [7, 11) is 1.60. The van der Waals surface area contributed by atoms with Crippen LogP contribution in [0.25, 0.3) is 0 Å². The molecule has 3 aromatic rings. The highest BCUT2D eigenvalue weighted by molar-refractivity contribution is 7.97. The summed E-state index contributed by atoms with van der Waals surface area (Å²) in [5, 5.41) is 0. The van der Waals surface area contributed by atoms with Gasteiger partial charge in [-0.05, 0) is 61.9 Å². The van der Waals surface area contributed by atoms with Crippen molar-refractivity contribution in [2.75, 3.05) is 7.11 Å². The SMILES string of the molecule is COc1ccc([S+](c2ccccc2)c2cccc(C)c2C)cc1. The molecule has 0 aliphatic heterocycles. The maximum Gasteiger partial charge on any atom is 0.169 e. The first-order valence-corrected chi connectivity index (χ1v) is 8.93. The Morgan fingerprint density at radius 1 is 0.696 bits per heavy atom. The third kappa shape index (κ3) is 3.27. The van der Waals surface area contributed by atoms with Crippen LogP contribution >= 0.6 is 0 Å². The Morgan fingerprint density at radius 3 is 2.00 bits per heavy atom. The molecule has 0 aliphatic rings. The quantitative estimate of drug-likeness (QED) is 0.584. The van der Waals surface area contributed by atoms with Gasteiger partial charge in [0.1, 0.15) is 5.75 Å². The van der Waals surface area contributed by atoms with Gasteiger partial charge < -0.3 is 4.74 Å². The number of ether oxygens (including phenoxy) is 1. The standard InChI is InChI=1S/C21H21OS/c1-16-8-7-11-21(17(16)2)23(19-9-5-4-6-10-19)20-14-12-18(22-3)13-15-20/h4-15H,1-3H3/q+1. The van der Waals surface area contributed by atoms with Crippen LogP contribution in [0.15, 0.2) is 87.5 Å². The Kier molecular flexibility index (Phi) is 4.73. The van der Waals surface area contributed by atoms with E-state index in [4.69, 9.17) is 4.74 Å². The number of methoxy groups -OCH3 is 1. The molecule has 1 unspecified atom stereocenters. The van der Waals surface area contributed by atoms with Crippen molar-refractivity contribution in [3.8, 4) is 5.75 Å². The van der Waals surface area contributed by atoms with E-state index < -0.39 is 0 Å². The lowest BCUT2D eigenvalue weighted by Gasteiger charge is -2.12. The summed E-state index contributed by atoms with van der Waals surface area (Å²) in [5.41, 5.74) is 2.71. The van der Waals surface area contributed by atoms with Crippen molar-refractivity contribution >= 4 is 10.9 Å². The minimum atomic E-state index is -0.102. The Morgan fingerprint density at radius 2 is 1.35 bits per heavy atom. The van der Waals surface area contributed by atoms with E-state index in [1.807, 2.05) is 12.1 Å². The molecule has 0 spiro atoms. The molecule has 0 aliphatic carbocycles. The molecule has 0 aromatic heterocycles. The van der Waals surface area contributed by atoms with Crippen molar-refractivity contribution < 1.29 is 4.74 Å². The van der Waals surface area contributed by atoms with E-state index in [-0.39, 0.29) is 10.9 Å². The van der Waals surface area contributed by atoms with E-state index in [0.29, 0.717) is 0 Å². The van der Waals surface area contributed by atoms with Gasteiger partial charge in [0.15, 0.2) is 14.7 Å². The monoisotopic (exact) mass is 321 g/mol. The fourth-order valence-electron chi connectivity index (χ4n) is 2.60. The van der Waals surface area contributed by atoms with Crippen molar-refractivity contribution in [2.24, 2.45) is 0 Å². The number of hydrogen-bond donors (Lipinski definition) is 0. The van der Waals surface area contributed by atoms with Crippen molar-refractivity contribution in [3.05, 3.63) is 83.9 Å². The average molecular weight is 321 g/mol. The molecule has 0 saturated carbocycles. The van der Waals surface area contributed by atoms with Crippen LogP contribution in [0.3, 0.4) is 0 Å². The largest absolute Gasteiger partial charge is 0.497 e. The van der Waals surface area contributed by atoms with Crippen LogP contribution in [0.2, 0.25) is 0 Å². The number of rotatable bonds is 4. The van der Waals surface area contributed by atoms with Crippen molar-refractivity contribution in [3.63, 3.8) is 0 Å². The third-order valence-electron chi connectivity index (χ3n) is 4.05. The first-order chi connectivity index (χ1) is 11.2. The molecule has 3 aromatic carbocycles. The summed E-state index contributed by atoms with van der Waals surface area (Å²) >= 11 is 0. The van der Waals surface area contributed by atoms with Gasteiger partial charge in [-0.15, -0.1) is 0 Å². The lowest BCUT2D eigenvalue weighted by molar-refractivity contribution is 0.414. The highest BCUT2D eigenvalue weighted by Crippen LogP contribution is 2.34. The van der Waals surface area contributed by atoms with E-state index >= 15 is 0 Å². The topological polar surface area (TPSA) is 9.23 Å². The number of aryl methyl sites for hydroxylation is 1. The van der Waals surface area contributed by atoms with Gasteiger partial charge in [0, 0.05) is 5.56 Å². The molecular weight excluding hydrogens is 300 g/mol. The molecule has 0 radical (unpaired) electrons. The molecule has 0 saturated heterocycles. The average Bonchev–Trinajstić information content (AvgIpc) is 2.60. The van der Waals surface area contributed by atoms with Gasteiger partial charge in [0.25, 0.3) is 0 Å². The zero-order valence-electron chi connectivity index (χ0n) is 13.7. The van der Waals surface area contributed by atoms with Gasteiger partial charge >= 0.3 is 0 Å². The summed E-state index contributed by atoms with van der Waals surface area (Å²) < 4.78 is 5.31. The fraction of sp³-hybridized carbons (Fsp3) is 0.143. The number of benzene rings is 3. The zero-order valence-corrected chi connectivity index (χ0v) is 14.6. The Balaban J connectivity index is 2.16. The molecule has 0 bridgehead atoms. The summed E-state index contributed by atoms with van der Waals surface area (Å²) in [4.78, 5) is 4.04. The Bertz CT molecular complexity index is 779. The van der Waals surface area contributed by atoms with Gasteiger partial charge in [-0.2, -0.15) is 0 Å². The van der Waals surface area contributed by atoms with Crippen molar-refractivity contribution in [2.45, 2.75) is 28.5 Å². The summed E-state index contributed by atoms with van der Waals surface area (Å²) in [5.74, 6) is 0.895. The van der Waals surface area contributed by atoms with E-state index in [2.05, 4.69) is 74.5 Å². The van der Waals surface area contributed by atoms with Crippen molar-refractivity contribution in [1.82, 2.24) is 0 Å². The zero-order chi connectivity index (χ0) is 16.2. The second kappa shape index (κ2) is 6.93. The molecular formula is C21H21OS+. The van der Waals surface area contributed by atoms with Crippen molar-refractivity contribution in [1.29, 1.82) is 0 Å². The molecule has 1 atom stereocenters. The van der Waals surface area contributed by atoms with Crippen LogP contribution in [0, 0.1) is 13.8 Å². The number of hydrogen-bond acceptors (Lipinski definition) is 1. The van der Waals surface area contributed by atoms with Gasteiger partial charge in [-0.25, -0.2) is 0 Å². The molecule has 0 heterocycles. The molecule has 0 amide bonds. The maximum absolute atomic E-state index is 5.31. The Labute approximate surface area is 141 Å². The first kappa shape index (κ1) is 15.7. The predicted octanol–water partition coefficient (Wildman–Crippen LogP) is 5.41. The maximum atomic E-state index is 5.31. The van der Waals surface area contributed by atoms with Crippen LogP contribution in [-0.2, 0) is 10.9 Å². The van der Waals surface area contributed by atoms with E-state index in [9.17, 15) is 0 Å². The van der Waals surface area contributed by atoms with Crippen LogP contribution in [0.1, 0.15) is 11.1 Å². The molecule has 0 fully saturated rings. The molecule has 0 N–H and O–H groups in total. The molecule has 1 nitrogen and oxygen atoms in total. The second-order valence-corrected chi connectivity index (χ2v) is 7.49. The van der Waals surface area contributed by atoms with E-state index in [1.165, 1.54) is 25.8 Å². The molecule has 116 valence electrons. The summed E-state index contributed by atoms with van der Waals surface area (Å²) in [6, 6.07) is 25.8. The van der Waals surface area contributed by atoms with Gasteiger partial charge in [-0.3, -0.25) is 0 Å². The summed E-state index contributed by atoms with van der Waals surface area (Å²) in [6.07, 6.45) is 0. The highest BCUT2D eigenvalue weighted by Gasteiger charge is 2.30. The van der Waals surface area contributed by atoms with Gasteiger partial charge in [0.05, 0.1) is 18.0 Å². The van der Waals surface area contributed by atoms with Gasteiger partial charge in [0.2, 0.25) is 0 Å². The minimum Gasteiger partial charge on any atom is -0.497 e. The van der Waals surface area contributed by atoms with E-state index in [0.717, 1.165) is 5.75 Å². The van der Waals surface area contributed by atoms with Crippen LogP contribution in [0.5, 0.6) is 5.75 Å². The lowest BCUT2D eigenvalue weighted by Crippen LogP contribution is -2.07. The van der Waals surface area contributed by atoms with E-state index in [1.54, 1.807) is 7.11 Å². The minimum absolute atomic E-state index is 0.102. The lowest BCUT2D eigenvalue weighted by atomic mass is 10.1. The molecule has 3 rings (SSSR count). The molecule has 23 heavy (non-hydrogen) atoms. The first-order valence-electron chi connectivity index (χ1n) is 7.70. The Hall–Kier alpha value is -2.19. The molecule has 2 heteroatoms. The van der Waals surface area contributed by atoms with Gasteiger partial charge in [-0.1, -0.05) is 30.3 Å². The predicted molar refractivity (Wildman–Crippen MR) is 97.5 cm³/mol. The van der Waals surface area contributed by atoms with Crippen LogP contribution in [0.4, 0.5) is 0 Å². The van der Waals surface area contributed by atoms with Crippen LogP contribution in [-0.4, -0.2) is 7.11 Å². The van der Waals surface area contributed by atoms with Crippen LogP contribution < -0.4 is 4.74 Å². The fourth-order valence-corrected chi connectivity index (χ4v) is 4.90. The second-order valence-electron chi connectivity index (χ2n) is 5.49. The smallest absolute Gasteiger partial charge is 0.169 e. The highest BCUT2D eigenvalue weighted by atomic mass is 32.2.